The number of anilines is 1. The minimum absolute atomic E-state index is 0.0403. The second kappa shape index (κ2) is 8.33. The van der Waals surface area contributed by atoms with Gasteiger partial charge in [0, 0.05) is 12.5 Å². The molecule has 1 aromatic carbocycles. The minimum Gasteiger partial charge on any atom is -0.462 e. The fourth-order valence-electron chi connectivity index (χ4n) is 2.63. The van der Waals surface area contributed by atoms with Gasteiger partial charge in [-0.25, -0.2) is 13.2 Å². The predicted octanol–water partition coefficient (Wildman–Crippen LogP) is 1.55. The second-order valence-electron chi connectivity index (χ2n) is 5.99. The van der Waals surface area contributed by atoms with E-state index < -0.39 is 16.0 Å². The van der Waals surface area contributed by atoms with E-state index in [0.29, 0.717) is 0 Å². The first-order chi connectivity index (χ1) is 11.8. The number of para-hydroxylation sites is 1. The summed E-state index contributed by atoms with van der Waals surface area (Å²) in [4.78, 5) is 24.0. The third-order valence-corrected chi connectivity index (χ3v) is 5.34. The van der Waals surface area contributed by atoms with Crippen LogP contribution >= 0.6 is 0 Å². The Hall–Kier alpha value is -2.09. The van der Waals surface area contributed by atoms with Crippen LogP contribution in [0.4, 0.5) is 5.69 Å². The van der Waals surface area contributed by atoms with Gasteiger partial charge in [0.1, 0.15) is 0 Å². The van der Waals surface area contributed by atoms with Gasteiger partial charge in [-0.05, 0) is 31.9 Å². The molecule has 0 aliphatic heterocycles. The van der Waals surface area contributed by atoms with Crippen molar-refractivity contribution in [1.82, 2.24) is 5.32 Å². The van der Waals surface area contributed by atoms with Gasteiger partial charge in [0.2, 0.25) is 15.9 Å². The van der Waals surface area contributed by atoms with E-state index in [4.69, 9.17) is 4.74 Å². The summed E-state index contributed by atoms with van der Waals surface area (Å²) >= 11 is 0. The van der Waals surface area contributed by atoms with Gasteiger partial charge in [0.25, 0.3) is 0 Å². The molecular weight excluding hydrogens is 344 g/mol. The molecule has 0 atom stereocenters. The standard InChI is InChI=1S/C17H24N2O5S/c1-3-24-17(21)14-9-4-5-10-15(14)19(25(2,22)23)12-11-18-16(20)13-7-6-8-13/h4-5,9-10,13H,3,6-8,11-12H2,1-2H3,(H,18,20). The largest absolute Gasteiger partial charge is 0.462 e. The lowest BCUT2D eigenvalue weighted by Crippen LogP contribution is -2.41. The molecule has 0 bridgehead atoms. The number of rotatable bonds is 8. The molecule has 0 aromatic heterocycles. The molecular formula is C17H24N2O5S. The van der Waals surface area contributed by atoms with Gasteiger partial charge < -0.3 is 10.1 Å². The van der Waals surface area contributed by atoms with E-state index in [1.54, 1.807) is 25.1 Å². The van der Waals surface area contributed by atoms with Gasteiger partial charge in [-0.3, -0.25) is 9.10 Å². The van der Waals surface area contributed by atoms with E-state index in [1.165, 1.54) is 6.07 Å². The van der Waals surface area contributed by atoms with Crippen LogP contribution in [0.25, 0.3) is 0 Å². The number of benzene rings is 1. The summed E-state index contributed by atoms with van der Waals surface area (Å²) in [7, 11) is -3.62. The summed E-state index contributed by atoms with van der Waals surface area (Å²) in [6.07, 6.45) is 3.89. The average molecular weight is 368 g/mol. The van der Waals surface area contributed by atoms with Crippen molar-refractivity contribution >= 4 is 27.6 Å². The van der Waals surface area contributed by atoms with Crippen molar-refractivity contribution in [3.05, 3.63) is 29.8 Å². The number of amides is 1. The number of nitrogens with one attached hydrogen (secondary N) is 1. The zero-order valence-corrected chi connectivity index (χ0v) is 15.3. The van der Waals surface area contributed by atoms with E-state index >= 15 is 0 Å². The van der Waals surface area contributed by atoms with Crippen LogP contribution in [0.5, 0.6) is 0 Å². The summed E-state index contributed by atoms with van der Waals surface area (Å²) in [6.45, 7) is 2.11. The van der Waals surface area contributed by atoms with Crippen LogP contribution in [-0.4, -0.2) is 46.2 Å². The van der Waals surface area contributed by atoms with E-state index in [0.717, 1.165) is 29.8 Å². The molecule has 25 heavy (non-hydrogen) atoms. The van der Waals surface area contributed by atoms with Crippen LogP contribution in [0, 0.1) is 5.92 Å². The Morgan fingerprint density at radius 3 is 2.52 bits per heavy atom. The van der Waals surface area contributed by atoms with E-state index in [9.17, 15) is 18.0 Å². The highest BCUT2D eigenvalue weighted by Crippen LogP contribution is 2.26. The maximum absolute atomic E-state index is 12.2. The van der Waals surface area contributed by atoms with Crippen molar-refractivity contribution in [2.45, 2.75) is 26.2 Å². The Labute approximate surface area is 148 Å². The van der Waals surface area contributed by atoms with E-state index in [-0.39, 0.29) is 42.8 Å². The van der Waals surface area contributed by atoms with E-state index in [1.807, 2.05) is 0 Å². The molecule has 2 rings (SSSR count). The summed E-state index contributed by atoms with van der Waals surface area (Å²) < 4.78 is 30.5. The van der Waals surface area contributed by atoms with Gasteiger partial charge in [0.15, 0.2) is 0 Å². The van der Waals surface area contributed by atoms with Crippen LogP contribution in [-0.2, 0) is 19.6 Å². The Kier molecular flexibility index (Phi) is 6.41. The van der Waals surface area contributed by atoms with Crippen molar-refractivity contribution in [3.63, 3.8) is 0 Å². The van der Waals surface area contributed by atoms with Crippen molar-refractivity contribution in [3.8, 4) is 0 Å². The van der Waals surface area contributed by atoms with Crippen molar-refractivity contribution in [2.75, 3.05) is 30.3 Å². The molecule has 1 aliphatic rings. The van der Waals surface area contributed by atoms with Crippen LogP contribution in [0.2, 0.25) is 0 Å². The van der Waals surface area contributed by atoms with Crippen molar-refractivity contribution in [1.29, 1.82) is 0 Å². The van der Waals surface area contributed by atoms with Crippen LogP contribution < -0.4 is 9.62 Å². The minimum atomic E-state index is -3.62. The van der Waals surface area contributed by atoms with Crippen LogP contribution in [0.3, 0.4) is 0 Å². The number of hydrogen-bond acceptors (Lipinski definition) is 5. The molecule has 1 aliphatic carbocycles. The summed E-state index contributed by atoms with van der Waals surface area (Å²) in [5, 5.41) is 2.77. The second-order valence-corrected chi connectivity index (χ2v) is 7.90. The number of ether oxygens (including phenoxy) is 1. The van der Waals surface area contributed by atoms with E-state index in [2.05, 4.69) is 5.32 Å². The Morgan fingerprint density at radius 2 is 1.96 bits per heavy atom. The molecule has 0 radical (unpaired) electrons. The normalized spacial score (nSPS) is 14.5. The van der Waals surface area contributed by atoms with Gasteiger partial charge in [-0.1, -0.05) is 18.6 Å². The molecule has 7 nitrogen and oxygen atoms in total. The fourth-order valence-corrected chi connectivity index (χ4v) is 3.57. The summed E-state index contributed by atoms with van der Waals surface area (Å²) in [6, 6.07) is 6.39. The zero-order valence-electron chi connectivity index (χ0n) is 14.5. The highest BCUT2D eigenvalue weighted by atomic mass is 32.2. The predicted molar refractivity (Wildman–Crippen MR) is 94.9 cm³/mol. The first-order valence-electron chi connectivity index (χ1n) is 8.36. The molecule has 0 heterocycles. The molecule has 138 valence electrons. The first kappa shape index (κ1) is 19.2. The van der Waals surface area contributed by atoms with Gasteiger partial charge in [0.05, 0.1) is 30.7 Å². The van der Waals surface area contributed by atoms with Crippen LogP contribution in [0.1, 0.15) is 36.5 Å². The number of carbonyl (C=O) groups is 2. The molecule has 0 saturated heterocycles. The summed E-state index contributed by atoms with van der Waals surface area (Å²) in [5.41, 5.74) is 0.432. The zero-order chi connectivity index (χ0) is 18.4. The molecule has 1 fully saturated rings. The maximum Gasteiger partial charge on any atom is 0.340 e. The Bertz CT molecular complexity index is 728. The monoisotopic (exact) mass is 368 g/mol. The highest BCUT2D eigenvalue weighted by Gasteiger charge is 2.26. The van der Waals surface area contributed by atoms with Crippen LogP contribution in [0.15, 0.2) is 24.3 Å². The highest BCUT2D eigenvalue weighted by molar-refractivity contribution is 7.92. The van der Waals surface area contributed by atoms with Crippen molar-refractivity contribution in [2.24, 2.45) is 5.92 Å². The summed E-state index contributed by atoms with van der Waals surface area (Å²) in [5.74, 6) is -0.581. The van der Waals surface area contributed by atoms with Gasteiger partial charge in [-0.15, -0.1) is 0 Å². The quantitative estimate of drug-likeness (QED) is 0.703. The van der Waals surface area contributed by atoms with Gasteiger partial charge >= 0.3 is 5.97 Å². The number of carbonyl (C=O) groups excluding carboxylic acids is 2. The molecule has 1 N–H and O–H groups in total. The molecule has 8 heteroatoms. The average Bonchev–Trinajstić information content (AvgIpc) is 2.49. The third kappa shape index (κ3) is 4.94. The smallest absolute Gasteiger partial charge is 0.340 e. The number of esters is 1. The SMILES string of the molecule is CCOC(=O)c1ccccc1N(CCNC(=O)C1CCC1)S(C)(=O)=O. The molecule has 0 unspecified atom stereocenters. The molecule has 1 amide bonds. The lowest BCUT2D eigenvalue weighted by Gasteiger charge is -2.27. The Morgan fingerprint density at radius 1 is 1.28 bits per heavy atom. The van der Waals surface area contributed by atoms with Gasteiger partial charge in [-0.2, -0.15) is 0 Å². The molecule has 1 saturated carbocycles. The first-order valence-corrected chi connectivity index (χ1v) is 10.2. The maximum atomic E-state index is 12.2. The van der Waals surface area contributed by atoms with Crippen molar-refractivity contribution < 1.29 is 22.7 Å². The lowest BCUT2D eigenvalue weighted by atomic mass is 9.85. The molecule has 1 aromatic rings. The third-order valence-electron chi connectivity index (χ3n) is 4.16. The topological polar surface area (TPSA) is 92.8 Å². The Balaban J connectivity index is 2.15. The lowest BCUT2D eigenvalue weighted by molar-refractivity contribution is -0.127. The molecule has 0 spiro atoms. The number of sulfonamides is 1. The fraction of sp³-hybridized carbons (Fsp3) is 0.529. The number of hydrogen-bond donors (Lipinski definition) is 1. The number of nitrogens with zero attached hydrogens (tertiary/aromatic N) is 1.